The summed E-state index contributed by atoms with van der Waals surface area (Å²) < 4.78 is 2.16. The standard InChI is InChI=1S/C23H27ClN4S/c1-3-4-5-6-7-8-11-17-14-19-22(18-12-9-10-13-20(18)24)25-15-21-27-26-16(2)28(21)23(19)29-17/h9-10,12-14H,3-8,11,15H2,1-2H3. The molecule has 2 aromatic heterocycles. The highest BCUT2D eigenvalue weighted by Crippen LogP contribution is 2.35. The number of benzene rings is 1. The molecule has 0 bridgehead atoms. The summed E-state index contributed by atoms with van der Waals surface area (Å²) in [4.78, 5) is 6.30. The van der Waals surface area contributed by atoms with Gasteiger partial charge in [0.05, 0.1) is 5.71 Å². The fraction of sp³-hybridized carbons (Fsp3) is 0.435. The van der Waals surface area contributed by atoms with Crippen molar-refractivity contribution >= 4 is 28.6 Å². The quantitative estimate of drug-likeness (QED) is 0.383. The number of aliphatic imine (C=N–C) groups is 1. The molecule has 0 atom stereocenters. The van der Waals surface area contributed by atoms with Gasteiger partial charge in [0.1, 0.15) is 17.4 Å². The van der Waals surface area contributed by atoms with Crippen LogP contribution in [0.5, 0.6) is 0 Å². The minimum absolute atomic E-state index is 0.509. The highest BCUT2D eigenvalue weighted by molar-refractivity contribution is 7.15. The molecule has 3 aromatic rings. The van der Waals surface area contributed by atoms with Gasteiger partial charge in [-0.3, -0.25) is 9.56 Å². The van der Waals surface area contributed by atoms with Crippen molar-refractivity contribution < 1.29 is 0 Å². The first-order valence-electron chi connectivity index (χ1n) is 10.5. The molecule has 6 heteroatoms. The monoisotopic (exact) mass is 426 g/mol. The first-order chi connectivity index (χ1) is 14.2. The van der Waals surface area contributed by atoms with Crippen LogP contribution in [-0.2, 0) is 13.0 Å². The lowest BCUT2D eigenvalue weighted by molar-refractivity contribution is 0.609. The summed E-state index contributed by atoms with van der Waals surface area (Å²) >= 11 is 8.37. The lowest BCUT2D eigenvalue weighted by atomic mass is 10.0. The highest BCUT2D eigenvalue weighted by Gasteiger charge is 2.25. The number of rotatable bonds is 8. The van der Waals surface area contributed by atoms with Crippen LogP contribution in [0.1, 0.15) is 73.1 Å². The Balaban J connectivity index is 1.65. The molecule has 29 heavy (non-hydrogen) atoms. The van der Waals surface area contributed by atoms with Crippen LogP contribution in [-0.4, -0.2) is 20.5 Å². The molecule has 4 nitrogen and oxygen atoms in total. The van der Waals surface area contributed by atoms with Gasteiger partial charge in [-0.25, -0.2) is 0 Å². The summed E-state index contributed by atoms with van der Waals surface area (Å²) in [5, 5.41) is 10.5. The zero-order chi connectivity index (χ0) is 20.2. The van der Waals surface area contributed by atoms with E-state index in [2.05, 4.69) is 33.8 Å². The summed E-state index contributed by atoms with van der Waals surface area (Å²) in [6.45, 7) is 4.78. The predicted molar refractivity (Wildman–Crippen MR) is 122 cm³/mol. The predicted octanol–water partition coefficient (Wildman–Crippen LogP) is 6.54. The molecule has 0 amide bonds. The number of fused-ring (bicyclic) bond motifs is 3. The number of hydrogen-bond acceptors (Lipinski definition) is 4. The fourth-order valence-electron chi connectivity index (χ4n) is 3.86. The maximum Gasteiger partial charge on any atom is 0.160 e. The Labute approximate surface area is 181 Å². The summed E-state index contributed by atoms with van der Waals surface area (Å²) in [5.74, 6) is 1.79. The molecule has 0 aliphatic carbocycles. The Bertz CT molecular complexity index is 1020. The van der Waals surface area contributed by atoms with Crippen molar-refractivity contribution in [3.05, 3.63) is 63.0 Å². The molecule has 0 N–H and O–H groups in total. The number of aromatic nitrogens is 3. The van der Waals surface area contributed by atoms with E-state index in [9.17, 15) is 0 Å². The maximum absolute atomic E-state index is 6.53. The third-order valence-electron chi connectivity index (χ3n) is 5.40. The lowest BCUT2D eigenvalue weighted by Gasteiger charge is -2.08. The number of thiophene rings is 1. The molecule has 0 spiro atoms. The summed E-state index contributed by atoms with van der Waals surface area (Å²) in [7, 11) is 0. The van der Waals surface area contributed by atoms with Gasteiger partial charge >= 0.3 is 0 Å². The van der Waals surface area contributed by atoms with E-state index >= 15 is 0 Å². The van der Waals surface area contributed by atoms with Gasteiger partial charge in [-0.1, -0.05) is 68.8 Å². The third-order valence-corrected chi connectivity index (χ3v) is 6.91. The van der Waals surface area contributed by atoms with Gasteiger partial charge in [-0.15, -0.1) is 21.5 Å². The van der Waals surface area contributed by atoms with Gasteiger partial charge in [0.15, 0.2) is 5.82 Å². The molecule has 3 heterocycles. The third kappa shape index (κ3) is 4.31. The molecule has 0 saturated heterocycles. The van der Waals surface area contributed by atoms with Gasteiger partial charge in [-0.2, -0.15) is 0 Å². The number of hydrogen-bond donors (Lipinski definition) is 0. The van der Waals surface area contributed by atoms with Crippen molar-refractivity contribution in [2.45, 2.75) is 65.3 Å². The number of unbranched alkanes of at least 4 members (excludes halogenated alkanes) is 5. The zero-order valence-electron chi connectivity index (χ0n) is 17.1. The van der Waals surface area contributed by atoms with E-state index in [0.29, 0.717) is 6.54 Å². The normalized spacial score (nSPS) is 13.0. The first-order valence-corrected chi connectivity index (χ1v) is 11.7. The average molecular weight is 427 g/mol. The molecular formula is C23H27ClN4S. The molecule has 152 valence electrons. The van der Waals surface area contributed by atoms with Gasteiger partial charge < -0.3 is 0 Å². The Kier molecular flexibility index (Phi) is 6.46. The van der Waals surface area contributed by atoms with Crippen LogP contribution in [0.25, 0.3) is 5.00 Å². The number of halogens is 1. The van der Waals surface area contributed by atoms with Crippen molar-refractivity contribution in [1.29, 1.82) is 0 Å². The minimum atomic E-state index is 0.509. The Morgan fingerprint density at radius 1 is 1.03 bits per heavy atom. The number of aryl methyl sites for hydroxylation is 2. The summed E-state index contributed by atoms with van der Waals surface area (Å²) in [6, 6.07) is 10.3. The van der Waals surface area contributed by atoms with Gasteiger partial charge in [0.2, 0.25) is 0 Å². The molecule has 0 unspecified atom stereocenters. The van der Waals surface area contributed by atoms with Crippen molar-refractivity contribution in [3.63, 3.8) is 0 Å². The molecule has 4 rings (SSSR count). The number of nitrogens with zero attached hydrogens (tertiary/aromatic N) is 4. The topological polar surface area (TPSA) is 43.1 Å². The maximum atomic E-state index is 6.53. The zero-order valence-corrected chi connectivity index (χ0v) is 18.7. The van der Waals surface area contributed by atoms with Crippen molar-refractivity contribution in [2.75, 3.05) is 0 Å². The Morgan fingerprint density at radius 2 is 1.83 bits per heavy atom. The fourth-order valence-corrected chi connectivity index (χ4v) is 5.35. The van der Waals surface area contributed by atoms with Crippen LogP contribution < -0.4 is 0 Å². The Morgan fingerprint density at radius 3 is 2.66 bits per heavy atom. The minimum Gasteiger partial charge on any atom is -0.276 e. The van der Waals surface area contributed by atoms with E-state index in [0.717, 1.165) is 39.9 Å². The average Bonchev–Trinajstić information content (AvgIpc) is 3.25. The van der Waals surface area contributed by atoms with Crippen LogP contribution in [0.15, 0.2) is 35.3 Å². The molecule has 1 aliphatic heterocycles. The molecule has 0 saturated carbocycles. The van der Waals surface area contributed by atoms with Crippen LogP contribution >= 0.6 is 22.9 Å². The van der Waals surface area contributed by atoms with Crippen LogP contribution in [0, 0.1) is 6.92 Å². The van der Waals surface area contributed by atoms with E-state index < -0.39 is 0 Å². The van der Waals surface area contributed by atoms with Gasteiger partial charge in [0.25, 0.3) is 0 Å². The van der Waals surface area contributed by atoms with Crippen molar-refractivity contribution in [2.24, 2.45) is 4.99 Å². The van der Waals surface area contributed by atoms with E-state index in [1.54, 1.807) is 0 Å². The van der Waals surface area contributed by atoms with Crippen LogP contribution in [0.4, 0.5) is 0 Å². The van der Waals surface area contributed by atoms with E-state index in [-0.39, 0.29) is 0 Å². The van der Waals surface area contributed by atoms with Crippen LogP contribution in [0.3, 0.4) is 0 Å². The molecule has 1 aromatic carbocycles. The van der Waals surface area contributed by atoms with Gasteiger partial charge in [-0.05, 0) is 31.9 Å². The Hall–Kier alpha value is -1.98. The largest absolute Gasteiger partial charge is 0.276 e. The highest BCUT2D eigenvalue weighted by atomic mass is 35.5. The summed E-state index contributed by atoms with van der Waals surface area (Å²) in [6.07, 6.45) is 8.96. The molecular weight excluding hydrogens is 400 g/mol. The van der Waals surface area contributed by atoms with Crippen molar-refractivity contribution in [3.8, 4) is 5.00 Å². The first kappa shape index (κ1) is 20.3. The summed E-state index contributed by atoms with van der Waals surface area (Å²) in [5.41, 5.74) is 3.09. The van der Waals surface area contributed by atoms with E-state index in [1.807, 2.05) is 36.5 Å². The second-order valence-electron chi connectivity index (χ2n) is 7.59. The molecule has 0 radical (unpaired) electrons. The molecule has 1 aliphatic rings. The second kappa shape index (κ2) is 9.23. The lowest BCUT2D eigenvalue weighted by Crippen LogP contribution is -2.05. The van der Waals surface area contributed by atoms with E-state index in [1.165, 1.54) is 48.4 Å². The smallest absolute Gasteiger partial charge is 0.160 e. The van der Waals surface area contributed by atoms with Gasteiger partial charge in [0, 0.05) is 21.0 Å². The second-order valence-corrected chi connectivity index (χ2v) is 9.12. The van der Waals surface area contributed by atoms with E-state index in [4.69, 9.17) is 16.6 Å². The van der Waals surface area contributed by atoms with Crippen LogP contribution in [0.2, 0.25) is 5.02 Å². The van der Waals surface area contributed by atoms with Crippen molar-refractivity contribution in [1.82, 2.24) is 14.8 Å². The SMILES string of the molecule is CCCCCCCCc1cc2c(s1)-n1c(C)nnc1CN=C2c1ccccc1Cl. The molecule has 0 fully saturated rings.